The van der Waals surface area contributed by atoms with E-state index in [0.717, 1.165) is 35.4 Å². The van der Waals surface area contributed by atoms with Gasteiger partial charge in [0.15, 0.2) is 0 Å². The first-order valence-corrected chi connectivity index (χ1v) is 12.8. The number of benzene rings is 2. The number of nitrogens with one attached hydrogen (secondary N) is 1. The van der Waals surface area contributed by atoms with Crippen molar-refractivity contribution in [2.45, 2.75) is 19.9 Å². The number of carbonyl (C=O) groups excluding carboxylic acids is 1. The topological polar surface area (TPSA) is 97.5 Å². The van der Waals surface area contributed by atoms with E-state index in [1.54, 1.807) is 28.5 Å². The number of hydrogen-bond donors (Lipinski definition) is 1. The smallest absolute Gasteiger partial charge is 0.334 e. The second-order valence-electron chi connectivity index (χ2n) is 9.46. The molecule has 0 radical (unpaired) electrons. The molecule has 0 saturated carbocycles. The Morgan fingerprint density at radius 3 is 2.54 bits per heavy atom. The van der Waals surface area contributed by atoms with Crippen LogP contribution in [0.2, 0.25) is 0 Å². The summed E-state index contributed by atoms with van der Waals surface area (Å²) in [6.45, 7) is 7.66. The number of aryl methyl sites for hydroxylation is 1. The van der Waals surface area contributed by atoms with Crippen LogP contribution in [-0.2, 0) is 17.8 Å². The molecule has 2 aromatic heterocycles. The standard InChI is InChI=1S/C29H35N7O3/c1-7-28(37)31-21-17-20(25(39-6)19-24(21)34(5)16-15-33(3)4)18-26-30-14-13-27(32-26)36-23-12-10-9-11-22(23)35(8-2)29(36)38/h7,9-14,17,19H,1,8,15-16,18H2,2-6H3,(H,31,37). The quantitative estimate of drug-likeness (QED) is 0.298. The van der Waals surface area contributed by atoms with Gasteiger partial charge in [-0.2, -0.15) is 0 Å². The van der Waals surface area contributed by atoms with Gasteiger partial charge >= 0.3 is 5.69 Å². The number of amides is 1. The second-order valence-corrected chi connectivity index (χ2v) is 9.46. The summed E-state index contributed by atoms with van der Waals surface area (Å²) in [7, 11) is 7.61. The molecule has 4 aromatic rings. The van der Waals surface area contributed by atoms with Crippen LogP contribution in [0, 0.1) is 0 Å². The number of fused-ring (bicyclic) bond motifs is 1. The number of imidazole rings is 1. The van der Waals surface area contributed by atoms with E-state index in [4.69, 9.17) is 9.72 Å². The van der Waals surface area contributed by atoms with Crippen molar-refractivity contribution in [3.63, 3.8) is 0 Å². The van der Waals surface area contributed by atoms with Crippen LogP contribution in [0.4, 0.5) is 11.4 Å². The number of hydrogen-bond acceptors (Lipinski definition) is 7. The molecule has 0 aliphatic carbocycles. The van der Waals surface area contributed by atoms with E-state index in [1.165, 1.54) is 6.08 Å². The Morgan fingerprint density at radius 1 is 1.13 bits per heavy atom. The zero-order valence-electron chi connectivity index (χ0n) is 23.1. The fraction of sp³-hybridized carbons (Fsp3) is 0.310. The van der Waals surface area contributed by atoms with Gasteiger partial charge in [0.05, 0.1) is 29.5 Å². The zero-order chi connectivity index (χ0) is 28.1. The number of ether oxygens (including phenoxy) is 1. The van der Waals surface area contributed by atoms with Crippen molar-refractivity contribution < 1.29 is 9.53 Å². The Kier molecular flexibility index (Phi) is 8.46. The first kappa shape index (κ1) is 27.6. The minimum Gasteiger partial charge on any atom is -0.496 e. The van der Waals surface area contributed by atoms with Crippen molar-refractivity contribution in [2.75, 3.05) is 51.6 Å². The maximum absolute atomic E-state index is 13.3. The predicted octanol–water partition coefficient (Wildman–Crippen LogP) is 3.32. The van der Waals surface area contributed by atoms with Crippen molar-refractivity contribution in [3.05, 3.63) is 83.2 Å². The first-order valence-electron chi connectivity index (χ1n) is 12.8. The van der Waals surface area contributed by atoms with E-state index < -0.39 is 0 Å². The molecule has 0 spiro atoms. The summed E-state index contributed by atoms with van der Waals surface area (Å²) in [5.41, 5.74) is 3.73. The SMILES string of the molecule is C=CC(=O)Nc1cc(Cc2nccc(-n3c(=O)n(CC)c4ccccc43)n2)c(OC)cc1N(C)CCN(C)C. The van der Waals surface area contributed by atoms with E-state index in [-0.39, 0.29) is 11.6 Å². The van der Waals surface area contributed by atoms with Crippen molar-refractivity contribution in [1.82, 2.24) is 24.0 Å². The van der Waals surface area contributed by atoms with Crippen LogP contribution >= 0.6 is 0 Å². The number of aromatic nitrogens is 4. The molecule has 0 fully saturated rings. The van der Waals surface area contributed by atoms with E-state index in [0.29, 0.717) is 36.0 Å². The van der Waals surface area contributed by atoms with Gasteiger partial charge in [0.2, 0.25) is 5.91 Å². The summed E-state index contributed by atoms with van der Waals surface area (Å²) in [5, 5.41) is 2.92. The molecule has 0 atom stereocenters. The maximum Gasteiger partial charge on any atom is 0.334 e. The third-order valence-electron chi connectivity index (χ3n) is 6.56. The van der Waals surface area contributed by atoms with Crippen molar-refractivity contribution in [2.24, 2.45) is 0 Å². The molecule has 0 unspecified atom stereocenters. The van der Waals surface area contributed by atoms with E-state index in [1.807, 2.05) is 64.5 Å². The molecule has 0 bridgehead atoms. The Balaban J connectivity index is 1.75. The predicted molar refractivity (Wildman–Crippen MR) is 155 cm³/mol. The van der Waals surface area contributed by atoms with Gasteiger partial charge < -0.3 is 19.9 Å². The van der Waals surface area contributed by atoms with Crippen LogP contribution < -0.4 is 20.6 Å². The molecule has 0 aliphatic heterocycles. The molecule has 0 aliphatic rings. The van der Waals surface area contributed by atoms with E-state index >= 15 is 0 Å². The molecule has 1 amide bonds. The number of carbonyl (C=O) groups is 1. The van der Waals surface area contributed by atoms with Crippen LogP contribution in [-0.4, -0.2) is 71.3 Å². The lowest BCUT2D eigenvalue weighted by molar-refractivity contribution is -0.111. The van der Waals surface area contributed by atoms with Gasteiger partial charge in [-0.15, -0.1) is 0 Å². The molecule has 1 N–H and O–H groups in total. The monoisotopic (exact) mass is 529 g/mol. The lowest BCUT2D eigenvalue weighted by atomic mass is 10.1. The van der Waals surface area contributed by atoms with Crippen LogP contribution in [0.5, 0.6) is 5.75 Å². The lowest BCUT2D eigenvalue weighted by Gasteiger charge is -2.25. The number of likely N-dealkylation sites (N-methyl/N-ethyl adjacent to an activating group) is 2. The normalized spacial score (nSPS) is 11.1. The number of anilines is 2. The number of para-hydroxylation sites is 2. The highest BCUT2D eigenvalue weighted by molar-refractivity contribution is 6.01. The summed E-state index contributed by atoms with van der Waals surface area (Å²) >= 11 is 0. The molecule has 2 aromatic carbocycles. The minimum atomic E-state index is -0.307. The van der Waals surface area contributed by atoms with Gasteiger partial charge in [-0.25, -0.2) is 19.3 Å². The summed E-state index contributed by atoms with van der Waals surface area (Å²) < 4.78 is 9.08. The molecule has 2 heterocycles. The molecule has 10 nitrogen and oxygen atoms in total. The lowest BCUT2D eigenvalue weighted by Crippen LogP contribution is -2.29. The van der Waals surface area contributed by atoms with Crippen molar-refractivity contribution in [1.29, 1.82) is 0 Å². The molecule has 39 heavy (non-hydrogen) atoms. The Hall–Kier alpha value is -4.44. The van der Waals surface area contributed by atoms with Crippen LogP contribution in [0.25, 0.3) is 16.9 Å². The molecule has 0 saturated heterocycles. The summed E-state index contributed by atoms with van der Waals surface area (Å²) in [6.07, 6.45) is 3.22. The fourth-order valence-corrected chi connectivity index (χ4v) is 4.52. The van der Waals surface area contributed by atoms with Gasteiger partial charge in [-0.05, 0) is 51.4 Å². The highest BCUT2D eigenvalue weighted by atomic mass is 16.5. The molecule has 10 heteroatoms. The Labute approximate surface area is 228 Å². The van der Waals surface area contributed by atoms with Gasteiger partial charge in [-0.1, -0.05) is 18.7 Å². The molecular formula is C29H35N7O3. The number of rotatable bonds is 11. The van der Waals surface area contributed by atoms with Crippen LogP contribution in [0.3, 0.4) is 0 Å². The minimum absolute atomic E-state index is 0.152. The average Bonchev–Trinajstić information content (AvgIpc) is 3.22. The van der Waals surface area contributed by atoms with Gasteiger partial charge in [0.25, 0.3) is 0 Å². The summed E-state index contributed by atoms with van der Waals surface area (Å²) in [6, 6.07) is 13.2. The molecular weight excluding hydrogens is 494 g/mol. The van der Waals surface area contributed by atoms with Crippen LogP contribution in [0.15, 0.2) is 66.1 Å². The van der Waals surface area contributed by atoms with Gasteiger partial charge in [-0.3, -0.25) is 9.36 Å². The third-order valence-corrected chi connectivity index (χ3v) is 6.56. The van der Waals surface area contributed by atoms with E-state index in [9.17, 15) is 9.59 Å². The fourth-order valence-electron chi connectivity index (χ4n) is 4.52. The highest BCUT2D eigenvalue weighted by Crippen LogP contribution is 2.34. The Bertz CT molecular complexity index is 1550. The molecule has 204 valence electrons. The van der Waals surface area contributed by atoms with Crippen molar-refractivity contribution in [3.8, 4) is 11.6 Å². The van der Waals surface area contributed by atoms with E-state index in [2.05, 4.69) is 26.7 Å². The third kappa shape index (κ3) is 5.85. The number of methoxy groups -OCH3 is 1. The maximum atomic E-state index is 13.3. The van der Waals surface area contributed by atoms with Gasteiger partial charge in [0, 0.05) is 50.9 Å². The van der Waals surface area contributed by atoms with Crippen molar-refractivity contribution >= 4 is 28.3 Å². The largest absolute Gasteiger partial charge is 0.496 e. The Morgan fingerprint density at radius 2 is 1.87 bits per heavy atom. The van der Waals surface area contributed by atoms with Gasteiger partial charge in [0.1, 0.15) is 17.4 Å². The average molecular weight is 530 g/mol. The summed E-state index contributed by atoms with van der Waals surface area (Å²) in [5.74, 6) is 1.35. The summed E-state index contributed by atoms with van der Waals surface area (Å²) in [4.78, 5) is 38.9. The number of nitrogens with zero attached hydrogens (tertiary/aromatic N) is 6. The first-order chi connectivity index (χ1) is 18.8. The highest BCUT2D eigenvalue weighted by Gasteiger charge is 2.18. The zero-order valence-corrected chi connectivity index (χ0v) is 23.1. The molecule has 4 rings (SSSR count). The second kappa shape index (κ2) is 12.0. The van der Waals surface area contributed by atoms with Crippen LogP contribution in [0.1, 0.15) is 18.3 Å².